The van der Waals surface area contributed by atoms with E-state index in [9.17, 15) is 0 Å². The minimum Gasteiger partial charge on any atom is -0.309 e. The molecule has 11 aromatic rings. The van der Waals surface area contributed by atoms with Crippen LogP contribution in [0.3, 0.4) is 0 Å². The Morgan fingerprint density at radius 2 is 0.817 bits per heavy atom. The Kier molecular flexibility index (Phi) is 8.08. The summed E-state index contributed by atoms with van der Waals surface area (Å²) in [6, 6.07) is 76.1. The highest BCUT2D eigenvalue weighted by atomic mass is 15.0. The van der Waals surface area contributed by atoms with Crippen LogP contribution in [0.1, 0.15) is 32.4 Å². The van der Waals surface area contributed by atoms with Crippen molar-refractivity contribution < 1.29 is 0 Å². The fourth-order valence-corrected chi connectivity index (χ4v) is 10.1. The highest BCUT2D eigenvalue weighted by molar-refractivity contribution is 6.17. The van der Waals surface area contributed by atoms with E-state index >= 15 is 0 Å². The van der Waals surface area contributed by atoms with E-state index in [1.165, 1.54) is 105 Å². The minimum absolute atomic E-state index is 0. The molecule has 0 fully saturated rings. The zero-order valence-corrected chi connectivity index (χ0v) is 33.0. The van der Waals surface area contributed by atoms with Crippen LogP contribution in [0.15, 0.2) is 206 Å². The van der Waals surface area contributed by atoms with E-state index in [4.69, 9.17) is 0 Å². The number of hydrogen-bond donors (Lipinski definition) is 0. The Bertz CT molecular complexity index is 3420. The first-order chi connectivity index (χ1) is 29.0. The van der Waals surface area contributed by atoms with Crippen molar-refractivity contribution in [1.82, 2.24) is 9.13 Å². The Morgan fingerprint density at radius 1 is 0.317 bits per heavy atom. The molecule has 0 N–H and O–H groups in total. The number of para-hydroxylation sites is 2. The molecular weight excluding hydrogens is 725 g/mol. The third-order valence-corrected chi connectivity index (χ3v) is 12.9. The summed E-state index contributed by atoms with van der Waals surface area (Å²) in [6.45, 7) is 4.74. The number of hydrogen-bond acceptors (Lipinski definition) is 0. The van der Waals surface area contributed by atoms with E-state index in [-0.39, 0.29) is 12.8 Å². The lowest BCUT2D eigenvalue weighted by molar-refractivity contribution is 0.661. The second kappa shape index (κ2) is 13.6. The number of benzene rings is 9. The predicted molar refractivity (Wildman–Crippen MR) is 256 cm³/mol. The number of nitrogens with zero attached hydrogens (tertiary/aromatic N) is 2. The van der Waals surface area contributed by atoms with E-state index in [1.807, 2.05) is 0 Å². The molecule has 286 valence electrons. The van der Waals surface area contributed by atoms with Gasteiger partial charge in [0, 0.05) is 43.9 Å². The molecule has 0 radical (unpaired) electrons. The summed E-state index contributed by atoms with van der Waals surface area (Å²) in [5.74, 6) is 0. The van der Waals surface area contributed by atoms with Gasteiger partial charge in [0.05, 0.1) is 22.1 Å². The smallest absolute Gasteiger partial charge is 0.0619 e. The van der Waals surface area contributed by atoms with Crippen LogP contribution < -0.4 is 0 Å². The zero-order chi connectivity index (χ0) is 39.2. The Morgan fingerprint density at radius 3 is 1.47 bits per heavy atom. The van der Waals surface area contributed by atoms with Crippen molar-refractivity contribution in [2.75, 3.05) is 0 Å². The summed E-state index contributed by atoms with van der Waals surface area (Å²) in [7, 11) is 0. The van der Waals surface area contributed by atoms with Crippen LogP contribution >= 0.6 is 0 Å². The monoisotopic (exact) mass is 768 g/mol. The van der Waals surface area contributed by atoms with Crippen molar-refractivity contribution >= 4 is 43.6 Å². The van der Waals surface area contributed by atoms with Gasteiger partial charge in [0.2, 0.25) is 0 Å². The van der Waals surface area contributed by atoms with Crippen LogP contribution in [-0.2, 0) is 5.41 Å². The number of fused-ring (bicyclic) bond motifs is 9. The highest BCUT2D eigenvalue weighted by Gasteiger charge is 2.36. The molecule has 2 heterocycles. The Labute approximate surface area is 351 Å². The average Bonchev–Trinajstić information content (AvgIpc) is 3.88. The maximum Gasteiger partial charge on any atom is 0.0619 e. The van der Waals surface area contributed by atoms with Gasteiger partial charge in [0.25, 0.3) is 0 Å². The highest BCUT2D eigenvalue weighted by Crippen LogP contribution is 2.51. The first-order valence-corrected chi connectivity index (χ1v) is 20.6. The molecule has 0 atom stereocenters. The van der Waals surface area contributed by atoms with Gasteiger partial charge >= 0.3 is 0 Å². The van der Waals surface area contributed by atoms with Gasteiger partial charge in [-0.15, -0.1) is 0 Å². The molecule has 0 aliphatic heterocycles. The van der Waals surface area contributed by atoms with Crippen molar-refractivity contribution in [1.29, 1.82) is 0 Å². The van der Waals surface area contributed by atoms with Crippen molar-refractivity contribution in [2.24, 2.45) is 0 Å². The molecule has 0 amide bonds. The van der Waals surface area contributed by atoms with E-state index in [0.717, 1.165) is 5.69 Å². The van der Waals surface area contributed by atoms with Crippen molar-refractivity contribution in [2.45, 2.75) is 26.7 Å². The molecule has 0 saturated heterocycles. The third kappa shape index (κ3) is 5.27. The number of aromatic nitrogens is 2. The molecule has 12 rings (SSSR count). The van der Waals surface area contributed by atoms with Crippen LogP contribution in [0.25, 0.3) is 99.5 Å². The maximum atomic E-state index is 2.47. The molecule has 2 aromatic heterocycles. The standard InChI is InChI=1S/C57H40N2.CH4/c1-57(2)51-26-16-15-25-44(51)46-35-49-47-31-39(27-29-53(47)58(55(49)36-52(46)57)42-21-11-5-12-22-42)40-28-30-54-48(32-40)50-34-41(37-17-7-3-8-18-37)33-45(38-19-9-4-10-20-38)56(50)59(54)43-23-13-6-14-24-43;/h3-36H,1-2H3;1H4. The van der Waals surface area contributed by atoms with E-state index in [0.29, 0.717) is 0 Å². The molecular formula is C58H44N2. The maximum absolute atomic E-state index is 2.47. The van der Waals surface area contributed by atoms with E-state index < -0.39 is 0 Å². The summed E-state index contributed by atoms with van der Waals surface area (Å²) >= 11 is 0. The Hall–Kier alpha value is -7.42. The first kappa shape index (κ1) is 35.7. The van der Waals surface area contributed by atoms with Gasteiger partial charge in [0.15, 0.2) is 0 Å². The molecule has 0 bridgehead atoms. The van der Waals surface area contributed by atoms with Gasteiger partial charge in [-0.3, -0.25) is 0 Å². The molecule has 1 aliphatic rings. The van der Waals surface area contributed by atoms with Crippen LogP contribution in [0.2, 0.25) is 0 Å². The molecule has 1 aliphatic carbocycles. The SMILES string of the molecule is C.CC1(C)c2ccccc2-c2cc3c4cc(-c5ccc6c(c5)c5cc(-c7ccccc7)cc(-c7ccccc7)c5n6-c5ccccc5)ccc4n(-c4ccccc4)c3cc21. The van der Waals surface area contributed by atoms with Crippen molar-refractivity contribution in [3.05, 3.63) is 217 Å². The summed E-state index contributed by atoms with van der Waals surface area (Å²) in [5, 5.41) is 5.01. The van der Waals surface area contributed by atoms with Gasteiger partial charge in [-0.25, -0.2) is 0 Å². The van der Waals surface area contributed by atoms with Crippen molar-refractivity contribution in [3.63, 3.8) is 0 Å². The van der Waals surface area contributed by atoms with Crippen molar-refractivity contribution in [3.8, 4) is 55.9 Å². The van der Waals surface area contributed by atoms with Gasteiger partial charge < -0.3 is 9.13 Å². The van der Waals surface area contributed by atoms with Gasteiger partial charge in [0.1, 0.15) is 0 Å². The molecule has 9 aromatic carbocycles. The second-order valence-corrected chi connectivity index (χ2v) is 16.5. The quantitative estimate of drug-likeness (QED) is 0.165. The molecule has 2 heteroatoms. The van der Waals surface area contributed by atoms with Crippen LogP contribution in [0, 0.1) is 0 Å². The third-order valence-electron chi connectivity index (χ3n) is 12.9. The molecule has 0 spiro atoms. The first-order valence-electron chi connectivity index (χ1n) is 20.6. The normalized spacial score (nSPS) is 12.8. The summed E-state index contributed by atoms with van der Waals surface area (Å²) in [5.41, 5.74) is 19.8. The Balaban J connectivity index is 0.00000408. The van der Waals surface area contributed by atoms with E-state index in [2.05, 4.69) is 229 Å². The topological polar surface area (TPSA) is 9.86 Å². The van der Waals surface area contributed by atoms with Crippen LogP contribution in [0.4, 0.5) is 0 Å². The van der Waals surface area contributed by atoms with Gasteiger partial charge in [-0.1, -0.05) is 155 Å². The minimum atomic E-state index is -0.0850. The number of rotatable bonds is 5. The zero-order valence-electron chi connectivity index (χ0n) is 33.0. The van der Waals surface area contributed by atoms with Crippen LogP contribution in [-0.4, -0.2) is 9.13 Å². The second-order valence-electron chi connectivity index (χ2n) is 16.5. The molecule has 0 unspecified atom stereocenters. The molecule has 2 nitrogen and oxygen atoms in total. The fraction of sp³-hybridized carbons (Fsp3) is 0.0690. The fourth-order valence-electron chi connectivity index (χ4n) is 10.1. The summed E-state index contributed by atoms with van der Waals surface area (Å²) in [4.78, 5) is 0. The predicted octanol–water partition coefficient (Wildman–Crippen LogP) is 15.8. The average molecular weight is 769 g/mol. The lowest BCUT2D eigenvalue weighted by Crippen LogP contribution is -2.14. The molecule has 0 saturated carbocycles. The lowest BCUT2D eigenvalue weighted by Gasteiger charge is -2.21. The summed E-state index contributed by atoms with van der Waals surface area (Å²) in [6.07, 6.45) is 0. The van der Waals surface area contributed by atoms with Crippen LogP contribution in [0.5, 0.6) is 0 Å². The van der Waals surface area contributed by atoms with E-state index in [1.54, 1.807) is 0 Å². The van der Waals surface area contributed by atoms with Gasteiger partial charge in [-0.2, -0.15) is 0 Å². The lowest BCUT2D eigenvalue weighted by atomic mass is 9.82. The molecule has 60 heavy (non-hydrogen) atoms. The largest absolute Gasteiger partial charge is 0.309 e. The van der Waals surface area contributed by atoms with Gasteiger partial charge in [-0.05, 0) is 123 Å². The summed E-state index contributed by atoms with van der Waals surface area (Å²) < 4.78 is 4.92.